The maximum Gasteiger partial charge on any atom is 0.252 e. The van der Waals surface area contributed by atoms with Crippen molar-refractivity contribution in [2.45, 2.75) is 44.6 Å². The van der Waals surface area contributed by atoms with Crippen LogP contribution in [0.15, 0.2) is 48.5 Å². The lowest BCUT2D eigenvalue weighted by Crippen LogP contribution is -2.46. The predicted molar refractivity (Wildman–Crippen MR) is 108 cm³/mol. The van der Waals surface area contributed by atoms with E-state index >= 15 is 0 Å². The standard InChI is InChI=1S/C23H27FN2O3/c1-2-25-21-12-11-20(28-15-29-21)23(27)26-14-13-16-5-3-4-6-19(16)22(26)17-7-9-18(24)10-8-17/h3-10,20-22,25H,2,11-15H2,1H3/t20-,21?,22-/m0/s1. The van der Waals surface area contributed by atoms with Gasteiger partial charge in [0.25, 0.3) is 5.91 Å². The van der Waals surface area contributed by atoms with Gasteiger partial charge in [0.15, 0.2) is 0 Å². The van der Waals surface area contributed by atoms with Crippen LogP contribution in [0.2, 0.25) is 0 Å². The summed E-state index contributed by atoms with van der Waals surface area (Å²) in [6.07, 6.45) is 1.49. The van der Waals surface area contributed by atoms with Gasteiger partial charge in [0.2, 0.25) is 0 Å². The highest BCUT2D eigenvalue weighted by Gasteiger charge is 2.36. The lowest BCUT2D eigenvalue weighted by molar-refractivity contribution is -0.155. The predicted octanol–water partition coefficient (Wildman–Crippen LogP) is 3.39. The Balaban J connectivity index is 1.61. The molecule has 0 radical (unpaired) electrons. The van der Waals surface area contributed by atoms with E-state index in [1.807, 2.05) is 24.0 Å². The number of hydrogen-bond donors (Lipinski definition) is 1. The van der Waals surface area contributed by atoms with Crippen LogP contribution < -0.4 is 5.32 Å². The number of hydrogen-bond acceptors (Lipinski definition) is 4. The Morgan fingerprint density at radius 1 is 1.14 bits per heavy atom. The van der Waals surface area contributed by atoms with Crippen molar-refractivity contribution in [1.29, 1.82) is 0 Å². The highest BCUT2D eigenvalue weighted by molar-refractivity contribution is 5.82. The van der Waals surface area contributed by atoms with Crippen LogP contribution in [0.4, 0.5) is 4.39 Å². The number of ether oxygens (including phenoxy) is 2. The normalized spacial score (nSPS) is 24.6. The maximum absolute atomic E-state index is 13.5. The molecule has 3 atom stereocenters. The molecule has 1 fully saturated rings. The first-order valence-electron chi connectivity index (χ1n) is 10.3. The summed E-state index contributed by atoms with van der Waals surface area (Å²) in [6.45, 7) is 3.53. The van der Waals surface area contributed by atoms with E-state index in [2.05, 4.69) is 17.4 Å². The largest absolute Gasteiger partial charge is 0.342 e. The van der Waals surface area contributed by atoms with Gasteiger partial charge in [-0.25, -0.2) is 4.39 Å². The lowest BCUT2D eigenvalue weighted by atomic mass is 9.87. The minimum atomic E-state index is -0.535. The van der Waals surface area contributed by atoms with E-state index in [1.165, 1.54) is 17.7 Å². The fourth-order valence-corrected chi connectivity index (χ4v) is 4.25. The van der Waals surface area contributed by atoms with Gasteiger partial charge in [0, 0.05) is 6.54 Å². The third kappa shape index (κ3) is 4.34. The van der Waals surface area contributed by atoms with Crippen LogP contribution in [0.5, 0.6) is 0 Å². The van der Waals surface area contributed by atoms with E-state index in [-0.39, 0.29) is 30.8 Å². The molecule has 2 aromatic rings. The molecule has 0 aliphatic carbocycles. The van der Waals surface area contributed by atoms with Gasteiger partial charge in [-0.05, 0) is 54.6 Å². The Morgan fingerprint density at radius 2 is 1.93 bits per heavy atom. The molecule has 1 unspecified atom stereocenters. The van der Waals surface area contributed by atoms with Gasteiger partial charge >= 0.3 is 0 Å². The first-order chi connectivity index (χ1) is 14.2. The minimum absolute atomic E-state index is 0.0328. The number of halogens is 1. The number of amides is 1. The van der Waals surface area contributed by atoms with E-state index in [1.54, 1.807) is 12.1 Å². The van der Waals surface area contributed by atoms with Crippen LogP contribution in [-0.4, -0.2) is 43.0 Å². The van der Waals surface area contributed by atoms with Crippen molar-refractivity contribution in [3.8, 4) is 0 Å². The minimum Gasteiger partial charge on any atom is -0.342 e. The summed E-state index contributed by atoms with van der Waals surface area (Å²) in [5.74, 6) is -0.316. The molecule has 29 heavy (non-hydrogen) atoms. The molecule has 0 saturated carbocycles. The fraction of sp³-hybridized carbons (Fsp3) is 0.435. The van der Waals surface area contributed by atoms with E-state index in [0.29, 0.717) is 13.0 Å². The Labute approximate surface area is 170 Å². The molecule has 154 valence electrons. The Hall–Kier alpha value is -2.28. The smallest absolute Gasteiger partial charge is 0.252 e. The molecule has 2 heterocycles. The molecular weight excluding hydrogens is 371 g/mol. The van der Waals surface area contributed by atoms with Crippen LogP contribution in [0.25, 0.3) is 0 Å². The number of nitrogens with zero attached hydrogens (tertiary/aromatic N) is 1. The summed E-state index contributed by atoms with van der Waals surface area (Å²) < 4.78 is 24.9. The number of rotatable bonds is 4. The summed E-state index contributed by atoms with van der Waals surface area (Å²) in [7, 11) is 0. The number of nitrogens with one attached hydrogen (secondary N) is 1. The first kappa shape index (κ1) is 20.0. The summed E-state index contributed by atoms with van der Waals surface area (Å²) in [4.78, 5) is 15.4. The molecule has 1 N–H and O–H groups in total. The van der Waals surface area contributed by atoms with Crippen molar-refractivity contribution in [1.82, 2.24) is 10.2 Å². The Bertz CT molecular complexity index is 842. The van der Waals surface area contributed by atoms with Gasteiger partial charge in [-0.15, -0.1) is 0 Å². The average Bonchev–Trinajstić information content (AvgIpc) is 2.99. The summed E-state index contributed by atoms with van der Waals surface area (Å²) in [5.41, 5.74) is 3.22. The van der Waals surface area contributed by atoms with Crippen molar-refractivity contribution < 1.29 is 18.7 Å². The van der Waals surface area contributed by atoms with E-state index in [0.717, 1.165) is 30.5 Å². The number of benzene rings is 2. The van der Waals surface area contributed by atoms with Crippen molar-refractivity contribution >= 4 is 5.91 Å². The van der Waals surface area contributed by atoms with Gasteiger partial charge in [-0.1, -0.05) is 43.3 Å². The Kier molecular flexibility index (Phi) is 6.23. The first-order valence-corrected chi connectivity index (χ1v) is 10.3. The number of fused-ring (bicyclic) bond motifs is 1. The van der Waals surface area contributed by atoms with E-state index < -0.39 is 6.10 Å². The maximum atomic E-state index is 13.5. The summed E-state index contributed by atoms with van der Waals surface area (Å²) >= 11 is 0. The second-order valence-corrected chi connectivity index (χ2v) is 7.50. The highest BCUT2D eigenvalue weighted by atomic mass is 19.1. The SMILES string of the molecule is CCNC1CC[C@@H](C(=O)N2CCc3ccccc3[C@@H]2c2ccc(F)cc2)OCO1. The van der Waals surface area contributed by atoms with Gasteiger partial charge < -0.3 is 14.4 Å². The molecule has 2 aromatic carbocycles. The second kappa shape index (κ2) is 9.03. The molecule has 2 aliphatic heterocycles. The molecule has 5 nitrogen and oxygen atoms in total. The van der Waals surface area contributed by atoms with Crippen LogP contribution >= 0.6 is 0 Å². The topological polar surface area (TPSA) is 50.8 Å². The zero-order chi connectivity index (χ0) is 20.2. The van der Waals surface area contributed by atoms with E-state index in [4.69, 9.17) is 9.47 Å². The molecule has 0 bridgehead atoms. The monoisotopic (exact) mass is 398 g/mol. The second-order valence-electron chi connectivity index (χ2n) is 7.50. The zero-order valence-electron chi connectivity index (χ0n) is 16.6. The average molecular weight is 398 g/mol. The summed E-state index contributed by atoms with van der Waals surface area (Å²) in [5, 5.41) is 3.25. The number of carbonyl (C=O) groups is 1. The van der Waals surface area contributed by atoms with Gasteiger partial charge in [0.05, 0.1) is 6.04 Å². The third-order valence-electron chi connectivity index (χ3n) is 5.69. The quantitative estimate of drug-likeness (QED) is 0.858. The molecule has 1 saturated heterocycles. The van der Waals surface area contributed by atoms with Crippen molar-refractivity contribution in [3.63, 3.8) is 0 Å². The lowest BCUT2D eigenvalue weighted by Gasteiger charge is -2.39. The highest BCUT2D eigenvalue weighted by Crippen LogP contribution is 2.36. The zero-order valence-corrected chi connectivity index (χ0v) is 16.6. The van der Waals surface area contributed by atoms with Crippen LogP contribution in [0.1, 0.15) is 42.5 Å². The third-order valence-corrected chi connectivity index (χ3v) is 5.69. The molecule has 2 aliphatic rings. The van der Waals surface area contributed by atoms with Gasteiger partial charge in [-0.2, -0.15) is 0 Å². The van der Waals surface area contributed by atoms with Crippen molar-refractivity contribution in [2.24, 2.45) is 0 Å². The molecule has 6 heteroatoms. The molecular formula is C23H27FN2O3. The number of carbonyl (C=O) groups excluding carboxylic acids is 1. The molecule has 4 rings (SSSR count). The van der Waals surface area contributed by atoms with Gasteiger partial charge in [-0.3, -0.25) is 10.1 Å². The fourth-order valence-electron chi connectivity index (χ4n) is 4.25. The molecule has 1 amide bonds. The van der Waals surface area contributed by atoms with Crippen LogP contribution in [0, 0.1) is 5.82 Å². The summed E-state index contributed by atoms with van der Waals surface area (Å²) in [6, 6.07) is 14.3. The molecule has 0 aromatic heterocycles. The van der Waals surface area contributed by atoms with Crippen molar-refractivity contribution in [2.75, 3.05) is 19.9 Å². The Morgan fingerprint density at radius 3 is 2.72 bits per heavy atom. The molecule has 0 spiro atoms. The van der Waals surface area contributed by atoms with Crippen LogP contribution in [-0.2, 0) is 20.7 Å². The van der Waals surface area contributed by atoms with Gasteiger partial charge in [0.1, 0.15) is 24.9 Å². The van der Waals surface area contributed by atoms with E-state index in [9.17, 15) is 9.18 Å². The van der Waals surface area contributed by atoms with Crippen molar-refractivity contribution in [3.05, 3.63) is 71.0 Å². The van der Waals surface area contributed by atoms with Crippen LogP contribution in [0.3, 0.4) is 0 Å².